The molecule has 0 saturated heterocycles. The summed E-state index contributed by atoms with van der Waals surface area (Å²) in [7, 11) is 1.51. The molecule has 116 valence electrons. The number of hydrogen-bond donors (Lipinski definition) is 1. The molecule has 0 unspecified atom stereocenters. The summed E-state index contributed by atoms with van der Waals surface area (Å²) < 4.78 is 10.3. The fraction of sp³-hybridized carbons (Fsp3) is 0.500. The van der Waals surface area contributed by atoms with Gasteiger partial charge in [-0.1, -0.05) is 0 Å². The molecule has 0 aromatic carbocycles. The van der Waals surface area contributed by atoms with Crippen LogP contribution in [-0.4, -0.2) is 48.0 Å². The number of nitrogens with zero attached hydrogens (tertiary/aromatic N) is 2. The molecule has 0 atom stereocenters. The summed E-state index contributed by atoms with van der Waals surface area (Å²) in [6.07, 6.45) is 0.734. The molecule has 1 amide bonds. The molecule has 1 N–H and O–H groups in total. The first-order valence-corrected chi connectivity index (χ1v) is 6.43. The number of carboxylic acid groups (broad SMARTS) is 1. The second kappa shape index (κ2) is 7.03. The molecule has 0 spiro atoms. The minimum absolute atomic E-state index is 0.0472. The third-order valence-electron chi connectivity index (χ3n) is 2.40. The van der Waals surface area contributed by atoms with Gasteiger partial charge in [-0.2, -0.15) is 0 Å². The molecule has 0 aliphatic heterocycles. The summed E-state index contributed by atoms with van der Waals surface area (Å²) in [5, 5.41) is 9.01. The molecule has 1 aromatic heterocycles. The minimum atomic E-state index is -1.09. The van der Waals surface area contributed by atoms with Gasteiger partial charge in [0.25, 0.3) is 0 Å². The van der Waals surface area contributed by atoms with Gasteiger partial charge in [-0.3, -0.25) is 4.90 Å². The van der Waals surface area contributed by atoms with Crippen molar-refractivity contribution in [2.24, 2.45) is 0 Å². The Morgan fingerprint density at radius 1 is 1.38 bits per heavy atom. The Hall–Kier alpha value is -2.15. The average molecular weight is 296 g/mol. The van der Waals surface area contributed by atoms with E-state index in [1.165, 1.54) is 30.3 Å². The van der Waals surface area contributed by atoms with Crippen LogP contribution in [0.3, 0.4) is 0 Å². The van der Waals surface area contributed by atoms with Gasteiger partial charge in [0.2, 0.25) is 0 Å². The first-order chi connectivity index (χ1) is 9.74. The van der Waals surface area contributed by atoms with Gasteiger partial charge < -0.3 is 14.6 Å². The Balaban J connectivity index is 3.04. The highest BCUT2D eigenvalue weighted by Crippen LogP contribution is 2.17. The summed E-state index contributed by atoms with van der Waals surface area (Å²) in [6.45, 7) is 5.74. The van der Waals surface area contributed by atoms with Crippen LogP contribution in [0.15, 0.2) is 18.3 Å². The lowest BCUT2D eigenvalue weighted by Crippen LogP contribution is -2.39. The van der Waals surface area contributed by atoms with Crippen LogP contribution in [0.2, 0.25) is 0 Å². The van der Waals surface area contributed by atoms with Crippen molar-refractivity contribution in [3.05, 3.63) is 23.9 Å². The topological polar surface area (TPSA) is 89.0 Å². The highest BCUT2D eigenvalue weighted by molar-refractivity contribution is 5.91. The van der Waals surface area contributed by atoms with Gasteiger partial charge in [0, 0.05) is 13.3 Å². The fourth-order valence-corrected chi connectivity index (χ4v) is 1.50. The van der Waals surface area contributed by atoms with E-state index >= 15 is 0 Å². The maximum absolute atomic E-state index is 12.2. The van der Waals surface area contributed by atoms with Gasteiger partial charge in [0.1, 0.15) is 11.4 Å². The minimum Gasteiger partial charge on any atom is -0.478 e. The SMILES string of the molecule is COCCN(C(=O)OC(C)(C)C)c1cc(C(=O)O)ccn1. The quantitative estimate of drug-likeness (QED) is 0.895. The predicted octanol–water partition coefficient (Wildman–Crippen LogP) is 2.17. The first kappa shape index (κ1) is 16.9. The number of carbonyl (C=O) groups excluding carboxylic acids is 1. The number of pyridine rings is 1. The molecular weight excluding hydrogens is 276 g/mol. The van der Waals surface area contributed by atoms with Gasteiger partial charge in [-0.25, -0.2) is 14.6 Å². The van der Waals surface area contributed by atoms with Crippen LogP contribution >= 0.6 is 0 Å². The third kappa shape index (κ3) is 5.39. The predicted molar refractivity (Wildman–Crippen MR) is 76.7 cm³/mol. The Labute approximate surface area is 123 Å². The maximum atomic E-state index is 12.2. The van der Waals surface area contributed by atoms with Gasteiger partial charge in [0.15, 0.2) is 0 Å². The van der Waals surface area contributed by atoms with Gasteiger partial charge in [0.05, 0.1) is 18.7 Å². The lowest BCUT2D eigenvalue weighted by molar-refractivity contribution is 0.0566. The standard InChI is InChI=1S/C14H20N2O5/c1-14(2,3)21-13(19)16(7-8-20-4)11-9-10(12(17)18)5-6-15-11/h5-6,9H,7-8H2,1-4H3,(H,17,18). The molecule has 1 heterocycles. The van der Waals surface area contributed by atoms with E-state index in [4.69, 9.17) is 14.6 Å². The lowest BCUT2D eigenvalue weighted by Gasteiger charge is -2.26. The number of amides is 1. The summed E-state index contributed by atoms with van der Waals surface area (Å²) in [6, 6.07) is 2.68. The average Bonchev–Trinajstić information content (AvgIpc) is 2.37. The number of carbonyl (C=O) groups is 2. The second-order valence-electron chi connectivity index (χ2n) is 5.33. The van der Waals surface area contributed by atoms with E-state index < -0.39 is 17.7 Å². The van der Waals surface area contributed by atoms with Crippen molar-refractivity contribution in [3.63, 3.8) is 0 Å². The number of aromatic carboxylic acids is 1. The van der Waals surface area contributed by atoms with Crippen LogP contribution in [0.1, 0.15) is 31.1 Å². The third-order valence-corrected chi connectivity index (χ3v) is 2.40. The van der Waals surface area contributed by atoms with E-state index in [1.807, 2.05) is 0 Å². The largest absolute Gasteiger partial charge is 0.478 e. The van der Waals surface area contributed by atoms with Crippen molar-refractivity contribution in [2.45, 2.75) is 26.4 Å². The van der Waals surface area contributed by atoms with Crippen molar-refractivity contribution in [1.82, 2.24) is 4.98 Å². The molecule has 1 aromatic rings. The lowest BCUT2D eigenvalue weighted by atomic mass is 10.2. The van der Waals surface area contributed by atoms with Crippen LogP contribution in [0.5, 0.6) is 0 Å². The van der Waals surface area contributed by atoms with Crippen molar-refractivity contribution in [1.29, 1.82) is 0 Å². The van der Waals surface area contributed by atoms with Crippen LogP contribution < -0.4 is 4.90 Å². The zero-order chi connectivity index (χ0) is 16.0. The van der Waals surface area contributed by atoms with Gasteiger partial charge >= 0.3 is 12.1 Å². The number of carboxylic acids is 1. The van der Waals surface area contributed by atoms with Crippen molar-refractivity contribution >= 4 is 17.9 Å². The van der Waals surface area contributed by atoms with Crippen LogP contribution in [-0.2, 0) is 9.47 Å². The number of anilines is 1. The zero-order valence-corrected chi connectivity index (χ0v) is 12.6. The van der Waals surface area contributed by atoms with E-state index in [0.29, 0.717) is 0 Å². The van der Waals surface area contributed by atoms with Crippen LogP contribution in [0.4, 0.5) is 10.6 Å². The van der Waals surface area contributed by atoms with Crippen molar-refractivity contribution in [2.75, 3.05) is 25.2 Å². The molecule has 0 bridgehead atoms. The molecule has 7 nitrogen and oxygen atoms in total. The number of ether oxygens (including phenoxy) is 2. The van der Waals surface area contributed by atoms with Crippen molar-refractivity contribution < 1.29 is 24.2 Å². The van der Waals surface area contributed by atoms with E-state index in [-0.39, 0.29) is 24.5 Å². The van der Waals surface area contributed by atoms with E-state index in [9.17, 15) is 9.59 Å². The second-order valence-corrected chi connectivity index (χ2v) is 5.33. The first-order valence-electron chi connectivity index (χ1n) is 6.43. The van der Waals surface area contributed by atoms with Crippen LogP contribution in [0.25, 0.3) is 0 Å². The molecular formula is C14H20N2O5. The number of methoxy groups -OCH3 is 1. The summed E-state index contributed by atoms with van der Waals surface area (Å²) >= 11 is 0. The highest BCUT2D eigenvalue weighted by atomic mass is 16.6. The Bertz CT molecular complexity index is 510. The number of hydrogen-bond acceptors (Lipinski definition) is 5. The molecule has 0 aliphatic carbocycles. The van der Waals surface area contributed by atoms with Crippen LogP contribution in [0, 0.1) is 0 Å². The van der Waals surface area contributed by atoms with E-state index in [2.05, 4.69) is 4.98 Å². The molecule has 0 aliphatic rings. The van der Waals surface area contributed by atoms with Gasteiger partial charge in [-0.15, -0.1) is 0 Å². The maximum Gasteiger partial charge on any atom is 0.416 e. The van der Waals surface area contributed by atoms with E-state index in [1.54, 1.807) is 20.8 Å². The zero-order valence-electron chi connectivity index (χ0n) is 12.6. The molecule has 7 heteroatoms. The Morgan fingerprint density at radius 3 is 2.57 bits per heavy atom. The Morgan fingerprint density at radius 2 is 2.05 bits per heavy atom. The normalized spacial score (nSPS) is 11.0. The smallest absolute Gasteiger partial charge is 0.416 e. The van der Waals surface area contributed by atoms with Crippen molar-refractivity contribution in [3.8, 4) is 0 Å². The molecule has 0 saturated carbocycles. The molecule has 21 heavy (non-hydrogen) atoms. The monoisotopic (exact) mass is 296 g/mol. The highest BCUT2D eigenvalue weighted by Gasteiger charge is 2.24. The number of rotatable bonds is 5. The summed E-state index contributed by atoms with van der Waals surface area (Å²) in [5.74, 6) is -0.879. The summed E-state index contributed by atoms with van der Waals surface area (Å²) in [4.78, 5) is 28.5. The fourth-order valence-electron chi connectivity index (χ4n) is 1.50. The van der Waals surface area contributed by atoms with E-state index in [0.717, 1.165) is 0 Å². The Kier molecular flexibility index (Phi) is 5.66. The van der Waals surface area contributed by atoms with Gasteiger partial charge in [-0.05, 0) is 32.9 Å². The molecule has 0 radical (unpaired) electrons. The number of aromatic nitrogens is 1. The molecule has 0 fully saturated rings. The molecule has 1 rings (SSSR count). The summed E-state index contributed by atoms with van der Waals surface area (Å²) in [5.41, 5.74) is -0.613.